The largest absolute Gasteiger partial charge is 0.573 e. The first-order valence-corrected chi connectivity index (χ1v) is 10.0. The van der Waals surface area contributed by atoms with Gasteiger partial charge >= 0.3 is 6.36 Å². The second kappa shape index (κ2) is 7.55. The minimum atomic E-state index is -4.86. The van der Waals surface area contributed by atoms with Gasteiger partial charge in [0.05, 0.1) is 11.3 Å². The van der Waals surface area contributed by atoms with Crippen LogP contribution < -0.4 is 9.64 Å². The normalized spacial score (nSPS) is 18.0. The zero-order chi connectivity index (χ0) is 20.6. The molecule has 0 bridgehead atoms. The third-order valence-electron chi connectivity index (χ3n) is 4.81. The van der Waals surface area contributed by atoms with Crippen molar-refractivity contribution >= 4 is 34.4 Å². The van der Waals surface area contributed by atoms with Gasteiger partial charge in [-0.15, -0.1) is 24.5 Å². The van der Waals surface area contributed by atoms with Crippen molar-refractivity contribution in [2.75, 3.05) is 18.0 Å². The topological polar surface area (TPSA) is 49.9 Å². The van der Waals surface area contributed by atoms with Crippen LogP contribution >= 0.6 is 11.3 Å². The summed E-state index contributed by atoms with van der Waals surface area (Å²) in [6.45, 7) is 1.32. The molecule has 2 amide bonds. The van der Waals surface area contributed by atoms with Gasteiger partial charge in [-0.1, -0.05) is 12.1 Å². The molecule has 0 unspecified atom stereocenters. The first-order chi connectivity index (χ1) is 13.8. The van der Waals surface area contributed by atoms with Crippen LogP contribution in [-0.4, -0.2) is 36.2 Å². The zero-order valence-electron chi connectivity index (χ0n) is 15.2. The lowest BCUT2D eigenvalue weighted by Crippen LogP contribution is -2.37. The van der Waals surface area contributed by atoms with E-state index >= 15 is 0 Å². The van der Waals surface area contributed by atoms with E-state index in [0.29, 0.717) is 29.2 Å². The maximum Gasteiger partial charge on any atom is 0.573 e. The number of nitrogens with zero attached hydrogens (tertiary/aromatic N) is 2. The predicted octanol–water partition coefficient (Wildman–Crippen LogP) is 4.42. The number of thiophene rings is 1. The van der Waals surface area contributed by atoms with Crippen molar-refractivity contribution in [3.8, 4) is 5.75 Å². The summed E-state index contributed by atoms with van der Waals surface area (Å²) in [4.78, 5) is 30.0. The number of benzene rings is 1. The molecule has 2 aromatic rings. The van der Waals surface area contributed by atoms with Crippen LogP contribution in [0.4, 0.5) is 18.9 Å². The van der Waals surface area contributed by atoms with Gasteiger partial charge in [0.25, 0.3) is 11.8 Å². The molecule has 9 heteroatoms. The molecule has 152 valence electrons. The van der Waals surface area contributed by atoms with Crippen LogP contribution in [0.15, 0.2) is 47.5 Å². The van der Waals surface area contributed by atoms with E-state index in [1.165, 1.54) is 23.5 Å². The first kappa shape index (κ1) is 19.5. The quantitative estimate of drug-likeness (QED) is 0.685. The number of alkyl halides is 3. The average molecular weight is 422 g/mol. The average Bonchev–Trinajstić information content (AvgIpc) is 3.27. The van der Waals surface area contributed by atoms with Crippen LogP contribution in [0.5, 0.6) is 5.75 Å². The Labute approximate surface area is 169 Å². The monoisotopic (exact) mass is 422 g/mol. The van der Waals surface area contributed by atoms with Crippen LogP contribution in [0.1, 0.15) is 24.1 Å². The number of carbonyl (C=O) groups is 2. The number of halogens is 3. The molecule has 2 aliphatic heterocycles. The number of anilines is 1. The Bertz CT molecular complexity index is 964. The molecule has 0 radical (unpaired) electrons. The number of hydrogen-bond acceptors (Lipinski definition) is 5. The smallest absolute Gasteiger partial charge is 0.406 e. The van der Waals surface area contributed by atoms with E-state index in [2.05, 4.69) is 4.74 Å². The molecule has 0 atom stereocenters. The minimum Gasteiger partial charge on any atom is -0.406 e. The summed E-state index contributed by atoms with van der Waals surface area (Å²) < 4.78 is 41.7. The van der Waals surface area contributed by atoms with Crippen LogP contribution in [-0.2, 0) is 9.59 Å². The van der Waals surface area contributed by atoms with Crippen molar-refractivity contribution < 1.29 is 27.5 Å². The SMILES string of the molecule is O=C1C(c2cccs2)=C(N2CCCCC2)C(=O)N1c1cccc(OC(F)(F)F)c1. The van der Waals surface area contributed by atoms with Gasteiger partial charge in [-0.3, -0.25) is 9.59 Å². The Morgan fingerprint density at radius 1 is 0.966 bits per heavy atom. The van der Waals surface area contributed by atoms with Gasteiger partial charge in [-0.2, -0.15) is 0 Å². The molecule has 4 rings (SSSR count). The summed E-state index contributed by atoms with van der Waals surface area (Å²) in [5.41, 5.74) is 0.663. The lowest BCUT2D eigenvalue weighted by molar-refractivity contribution is -0.274. The molecular formula is C20H17F3N2O3S. The number of imide groups is 1. The maximum absolute atomic E-state index is 13.3. The van der Waals surface area contributed by atoms with Crippen molar-refractivity contribution in [2.24, 2.45) is 0 Å². The van der Waals surface area contributed by atoms with Crippen molar-refractivity contribution in [2.45, 2.75) is 25.6 Å². The second-order valence-electron chi connectivity index (χ2n) is 6.74. The fraction of sp³-hybridized carbons (Fsp3) is 0.300. The standard InChI is InChI=1S/C20H17F3N2O3S/c21-20(22,23)28-14-7-4-6-13(12-14)25-18(26)16(15-8-5-11-29-15)17(19(25)27)24-9-2-1-3-10-24/h4-8,11-12H,1-3,9-10H2. The number of piperidine rings is 1. The molecule has 5 nitrogen and oxygen atoms in total. The summed E-state index contributed by atoms with van der Waals surface area (Å²) in [7, 11) is 0. The fourth-order valence-electron chi connectivity index (χ4n) is 3.63. The van der Waals surface area contributed by atoms with Crippen molar-refractivity contribution in [1.82, 2.24) is 4.90 Å². The lowest BCUT2D eigenvalue weighted by Gasteiger charge is -2.29. The van der Waals surface area contributed by atoms with Crippen molar-refractivity contribution in [3.05, 3.63) is 52.4 Å². The number of carbonyl (C=O) groups excluding carboxylic acids is 2. The molecule has 0 N–H and O–H groups in total. The molecule has 1 aromatic carbocycles. The van der Waals surface area contributed by atoms with E-state index in [9.17, 15) is 22.8 Å². The summed E-state index contributed by atoms with van der Waals surface area (Å²) in [5.74, 6) is -1.55. The van der Waals surface area contributed by atoms with Gasteiger partial charge in [0, 0.05) is 24.0 Å². The molecular weight excluding hydrogens is 405 g/mol. The first-order valence-electron chi connectivity index (χ1n) is 9.13. The van der Waals surface area contributed by atoms with E-state index in [-0.39, 0.29) is 5.69 Å². The Kier molecular flexibility index (Phi) is 5.08. The highest BCUT2D eigenvalue weighted by atomic mass is 32.1. The molecule has 0 aliphatic carbocycles. The molecule has 1 saturated heterocycles. The molecule has 0 spiro atoms. The Hall–Kier alpha value is -2.81. The summed E-state index contributed by atoms with van der Waals surface area (Å²) in [6.07, 6.45) is -1.98. The van der Waals surface area contributed by atoms with Crippen molar-refractivity contribution in [3.63, 3.8) is 0 Å². The van der Waals surface area contributed by atoms with Crippen LogP contribution in [0.25, 0.3) is 5.57 Å². The molecule has 3 heterocycles. The van der Waals surface area contributed by atoms with Crippen molar-refractivity contribution in [1.29, 1.82) is 0 Å². The summed E-state index contributed by atoms with van der Waals surface area (Å²) in [5, 5.41) is 1.81. The van der Waals surface area contributed by atoms with E-state index in [0.717, 1.165) is 36.3 Å². The van der Waals surface area contributed by atoms with Crippen LogP contribution in [0.3, 0.4) is 0 Å². The molecule has 1 aromatic heterocycles. The van der Waals surface area contributed by atoms with Gasteiger partial charge in [-0.25, -0.2) is 4.90 Å². The van der Waals surface area contributed by atoms with Gasteiger partial charge in [0.2, 0.25) is 0 Å². The summed E-state index contributed by atoms with van der Waals surface area (Å²) in [6, 6.07) is 8.47. The maximum atomic E-state index is 13.3. The fourth-order valence-corrected chi connectivity index (χ4v) is 4.39. The third kappa shape index (κ3) is 3.87. The van der Waals surface area contributed by atoms with Gasteiger partial charge in [-0.05, 0) is 42.8 Å². The van der Waals surface area contributed by atoms with Crippen LogP contribution in [0.2, 0.25) is 0 Å². The highest BCUT2D eigenvalue weighted by molar-refractivity contribution is 7.11. The lowest BCUT2D eigenvalue weighted by atomic mass is 10.1. The minimum absolute atomic E-state index is 0.0443. The van der Waals surface area contributed by atoms with E-state index in [4.69, 9.17) is 0 Å². The highest BCUT2D eigenvalue weighted by Gasteiger charge is 2.43. The number of ether oxygens (including phenoxy) is 1. The summed E-state index contributed by atoms with van der Waals surface area (Å²) >= 11 is 1.34. The van der Waals surface area contributed by atoms with Gasteiger partial charge in [0.15, 0.2) is 0 Å². The Balaban J connectivity index is 1.74. The predicted molar refractivity (Wildman–Crippen MR) is 102 cm³/mol. The third-order valence-corrected chi connectivity index (χ3v) is 5.70. The zero-order valence-corrected chi connectivity index (χ0v) is 16.1. The molecule has 1 fully saturated rings. The van der Waals surface area contributed by atoms with E-state index in [1.807, 2.05) is 10.3 Å². The van der Waals surface area contributed by atoms with Crippen LogP contribution in [0, 0.1) is 0 Å². The highest BCUT2D eigenvalue weighted by Crippen LogP contribution is 2.38. The molecule has 29 heavy (non-hydrogen) atoms. The molecule has 0 saturated carbocycles. The number of likely N-dealkylation sites (tertiary alicyclic amines) is 1. The molecule has 2 aliphatic rings. The van der Waals surface area contributed by atoms with E-state index < -0.39 is 23.9 Å². The Morgan fingerprint density at radius 2 is 1.72 bits per heavy atom. The number of hydrogen-bond donors (Lipinski definition) is 0. The number of rotatable bonds is 4. The van der Waals surface area contributed by atoms with Gasteiger partial charge < -0.3 is 9.64 Å². The van der Waals surface area contributed by atoms with E-state index in [1.54, 1.807) is 12.1 Å². The van der Waals surface area contributed by atoms with Gasteiger partial charge in [0.1, 0.15) is 11.4 Å². The number of amides is 2. The second-order valence-corrected chi connectivity index (χ2v) is 7.69. The Morgan fingerprint density at radius 3 is 2.38 bits per heavy atom.